The molecule has 0 aliphatic carbocycles. The van der Waals surface area contributed by atoms with Crippen molar-refractivity contribution >= 4 is 15.9 Å². The molecule has 1 atom stereocenters. The minimum absolute atomic E-state index is 0.125. The Bertz CT molecular complexity index is 625. The number of nitrogens with one attached hydrogen (secondary N) is 1. The van der Waals surface area contributed by atoms with Crippen molar-refractivity contribution in [3.63, 3.8) is 0 Å². The molecule has 0 spiro atoms. The van der Waals surface area contributed by atoms with Gasteiger partial charge in [0.05, 0.1) is 6.04 Å². The van der Waals surface area contributed by atoms with Gasteiger partial charge in [-0.25, -0.2) is 17.6 Å². The lowest BCUT2D eigenvalue weighted by molar-refractivity contribution is 0.480. The van der Waals surface area contributed by atoms with Gasteiger partial charge in [-0.15, -0.1) is 0 Å². The van der Waals surface area contributed by atoms with Crippen LogP contribution in [0.1, 0.15) is 17.2 Å². The summed E-state index contributed by atoms with van der Waals surface area (Å²) in [5.41, 5.74) is -0.0443. The Morgan fingerprint density at radius 1 is 0.950 bits per heavy atom. The first-order valence-electron chi connectivity index (χ1n) is 5.71. The molecular weight excluding hydrogens is 338 g/mol. The van der Waals surface area contributed by atoms with Crippen molar-refractivity contribution in [1.29, 1.82) is 0 Å². The summed E-state index contributed by atoms with van der Waals surface area (Å²) < 4.78 is 54.4. The van der Waals surface area contributed by atoms with E-state index in [1.54, 1.807) is 6.07 Å². The molecule has 0 saturated carbocycles. The van der Waals surface area contributed by atoms with E-state index < -0.39 is 29.3 Å². The molecule has 1 unspecified atom stereocenters. The highest BCUT2D eigenvalue weighted by Crippen LogP contribution is 2.32. The van der Waals surface area contributed by atoms with E-state index in [-0.39, 0.29) is 11.1 Å². The largest absolute Gasteiger partial charge is 0.309 e. The van der Waals surface area contributed by atoms with Gasteiger partial charge in [0.1, 0.15) is 11.6 Å². The van der Waals surface area contributed by atoms with Crippen molar-refractivity contribution in [3.8, 4) is 0 Å². The molecule has 2 aromatic rings. The summed E-state index contributed by atoms with van der Waals surface area (Å²) in [6.45, 7) is 0. The van der Waals surface area contributed by atoms with Crippen molar-refractivity contribution in [1.82, 2.24) is 5.32 Å². The van der Waals surface area contributed by atoms with Gasteiger partial charge < -0.3 is 5.32 Å². The van der Waals surface area contributed by atoms with E-state index in [0.717, 1.165) is 6.07 Å². The summed E-state index contributed by atoms with van der Waals surface area (Å²) in [6, 6.07) is 4.51. The topological polar surface area (TPSA) is 12.0 Å². The average Bonchev–Trinajstić information content (AvgIpc) is 2.39. The molecule has 0 aromatic heterocycles. The third-order valence-corrected chi connectivity index (χ3v) is 3.62. The van der Waals surface area contributed by atoms with E-state index in [1.165, 1.54) is 19.2 Å². The maximum Gasteiger partial charge on any atom is 0.161 e. The molecule has 2 aromatic carbocycles. The Balaban J connectivity index is 2.62. The van der Waals surface area contributed by atoms with Crippen LogP contribution in [0.5, 0.6) is 0 Å². The van der Waals surface area contributed by atoms with E-state index in [4.69, 9.17) is 0 Å². The molecule has 0 aliphatic heterocycles. The second-order valence-corrected chi connectivity index (χ2v) is 5.00. The Kier molecular flexibility index (Phi) is 4.45. The van der Waals surface area contributed by atoms with E-state index in [9.17, 15) is 17.6 Å². The van der Waals surface area contributed by atoms with Crippen LogP contribution in [0.15, 0.2) is 34.8 Å². The minimum atomic E-state index is -1.28. The van der Waals surface area contributed by atoms with Crippen LogP contribution >= 0.6 is 15.9 Å². The fraction of sp³-hybridized carbons (Fsp3) is 0.143. The quantitative estimate of drug-likeness (QED) is 0.644. The second-order valence-electron chi connectivity index (χ2n) is 4.14. The zero-order valence-electron chi connectivity index (χ0n) is 10.4. The van der Waals surface area contributed by atoms with Gasteiger partial charge in [0.15, 0.2) is 11.6 Å². The van der Waals surface area contributed by atoms with Gasteiger partial charge >= 0.3 is 0 Å². The number of rotatable bonds is 3. The Morgan fingerprint density at radius 3 is 2.20 bits per heavy atom. The standard InChI is InChI=1S/C14H10BrF4N/c1-20-14(13-8(15)3-2-4-9(13)16)7-5-11(18)12(19)6-10(7)17/h2-6,14,20H,1H3. The van der Waals surface area contributed by atoms with E-state index in [1.807, 2.05) is 0 Å². The molecule has 0 saturated heterocycles. The monoisotopic (exact) mass is 347 g/mol. The fourth-order valence-electron chi connectivity index (χ4n) is 2.00. The predicted octanol–water partition coefficient (Wildman–Crippen LogP) is 4.31. The molecule has 6 heteroatoms. The van der Waals surface area contributed by atoms with Crippen LogP contribution < -0.4 is 5.32 Å². The number of halogens is 5. The van der Waals surface area contributed by atoms with Gasteiger partial charge in [-0.2, -0.15) is 0 Å². The van der Waals surface area contributed by atoms with E-state index >= 15 is 0 Å². The molecule has 2 rings (SSSR count). The van der Waals surface area contributed by atoms with Crippen molar-refractivity contribution in [2.45, 2.75) is 6.04 Å². The smallest absolute Gasteiger partial charge is 0.161 e. The maximum absolute atomic E-state index is 13.9. The first-order chi connectivity index (χ1) is 9.45. The number of hydrogen-bond acceptors (Lipinski definition) is 1. The predicted molar refractivity (Wildman–Crippen MR) is 71.3 cm³/mol. The van der Waals surface area contributed by atoms with E-state index in [0.29, 0.717) is 10.5 Å². The lowest BCUT2D eigenvalue weighted by Gasteiger charge is -2.20. The zero-order chi connectivity index (χ0) is 14.9. The molecule has 0 radical (unpaired) electrons. The molecule has 0 bridgehead atoms. The second kappa shape index (κ2) is 5.93. The molecular formula is C14H10BrF4N. The lowest BCUT2D eigenvalue weighted by atomic mass is 9.97. The van der Waals surface area contributed by atoms with Crippen LogP contribution in [-0.4, -0.2) is 7.05 Å². The van der Waals surface area contributed by atoms with Crippen LogP contribution in [-0.2, 0) is 0 Å². The molecule has 1 N–H and O–H groups in total. The molecule has 20 heavy (non-hydrogen) atoms. The highest BCUT2D eigenvalue weighted by Gasteiger charge is 2.23. The number of hydrogen-bond donors (Lipinski definition) is 1. The van der Waals surface area contributed by atoms with Gasteiger partial charge in [0.25, 0.3) is 0 Å². The van der Waals surface area contributed by atoms with Gasteiger partial charge in [-0.3, -0.25) is 0 Å². The molecule has 0 heterocycles. The maximum atomic E-state index is 13.9. The fourth-order valence-corrected chi connectivity index (χ4v) is 2.57. The van der Waals surface area contributed by atoms with Crippen molar-refractivity contribution in [2.24, 2.45) is 0 Å². The van der Waals surface area contributed by atoms with E-state index in [2.05, 4.69) is 21.2 Å². The van der Waals surface area contributed by atoms with Crippen LogP contribution in [0, 0.1) is 23.3 Å². The van der Waals surface area contributed by atoms with Gasteiger partial charge in [-0.05, 0) is 25.2 Å². The van der Waals surface area contributed by atoms with Crippen molar-refractivity contribution in [3.05, 3.63) is 69.2 Å². The molecule has 0 fully saturated rings. The van der Waals surface area contributed by atoms with Crippen LogP contribution in [0.4, 0.5) is 17.6 Å². The summed E-state index contributed by atoms with van der Waals surface area (Å²) in [6.07, 6.45) is 0. The normalized spacial score (nSPS) is 12.5. The molecule has 1 nitrogen and oxygen atoms in total. The average molecular weight is 348 g/mol. The summed E-state index contributed by atoms with van der Waals surface area (Å²) in [5, 5.41) is 2.70. The summed E-state index contributed by atoms with van der Waals surface area (Å²) in [5.74, 6) is -4.00. The SMILES string of the molecule is CNC(c1cc(F)c(F)cc1F)c1c(F)cccc1Br. The highest BCUT2D eigenvalue weighted by atomic mass is 79.9. The molecule has 0 amide bonds. The Hall–Kier alpha value is -1.40. The van der Waals surface area contributed by atoms with Crippen molar-refractivity contribution < 1.29 is 17.6 Å². The number of benzene rings is 2. The summed E-state index contributed by atoms with van der Waals surface area (Å²) >= 11 is 3.17. The van der Waals surface area contributed by atoms with Gasteiger partial charge in [0, 0.05) is 21.7 Å². The summed E-state index contributed by atoms with van der Waals surface area (Å²) in [4.78, 5) is 0. The van der Waals surface area contributed by atoms with Gasteiger partial charge in [-0.1, -0.05) is 22.0 Å². The Morgan fingerprint density at radius 2 is 1.60 bits per heavy atom. The zero-order valence-corrected chi connectivity index (χ0v) is 11.9. The first kappa shape index (κ1) is 15.0. The van der Waals surface area contributed by atoms with Crippen molar-refractivity contribution in [2.75, 3.05) is 7.05 Å². The van der Waals surface area contributed by atoms with Crippen LogP contribution in [0.3, 0.4) is 0 Å². The van der Waals surface area contributed by atoms with Crippen LogP contribution in [0.25, 0.3) is 0 Å². The molecule has 0 aliphatic rings. The summed E-state index contributed by atoms with van der Waals surface area (Å²) in [7, 11) is 1.48. The third kappa shape index (κ3) is 2.71. The highest BCUT2D eigenvalue weighted by molar-refractivity contribution is 9.10. The molecule has 106 valence electrons. The third-order valence-electron chi connectivity index (χ3n) is 2.93. The van der Waals surface area contributed by atoms with Gasteiger partial charge in [0.2, 0.25) is 0 Å². The van der Waals surface area contributed by atoms with Crippen LogP contribution in [0.2, 0.25) is 0 Å². The Labute approximate surface area is 121 Å². The minimum Gasteiger partial charge on any atom is -0.309 e. The first-order valence-corrected chi connectivity index (χ1v) is 6.50. The lowest BCUT2D eigenvalue weighted by Crippen LogP contribution is -2.21.